The molecule has 0 amide bonds. The lowest BCUT2D eigenvalue weighted by Gasteiger charge is -2.50. The molecule has 2 heterocycles. The van der Waals surface area contributed by atoms with Crippen molar-refractivity contribution in [1.29, 1.82) is 0 Å². The van der Waals surface area contributed by atoms with Crippen LogP contribution in [0.25, 0.3) is 0 Å². The van der Waals surface area contributed by atoms with Crippen molar-refractivity contribution >= 4 is 5.97 Å². The van der Waals surface area contributed by atoms with Gasteiger partial charge in [-0.05, 0) is 19.4 Å². The fraction of sp³-hybridized carbons (Fsp3) is 0.917. The molecule has 1 unspecified atom stereocenters. The van der Waals surface area contributed by atoms with Gasteiger partial charge in [0.2, 0.25) is 0 Å². The van der Waals surface area contributed by atoms with Gasteiger partial charge in [-0.3, -0.25) is 9.69 Å². The van der Waals surface area contributed by atoms with E-state index < -0.39 is 5.97 Å². The Balaban J connectivity index is 1.96. The average molecular weight is 242 g/mol. The molecule has 5 heteroatoms. The molecule has 2 fully saturated rings. The van der Waals surface area contributed by atoms with Gasteiger partial charge < -0.3 is 15.2 Å². The molecular formula is C12H22N2O3. The zero-order chi connectivity index (χ0) is 12.3. The Bertz CT molecular complexity index is 273. The van der Waals surface area contributed by atoms with Crippen molar-refractivity contribution in [2.45, 2.75) is 37.8 Å². The van der Waals surface area contributed by atoms with Crippen molar-refractivity contribution in [3.8, 4) is 0 Å². The fourth-order valence-electron chi connectivity index (χ4n) is 2.85. The van der Waals surface area contributed by atoms with Gasteiger partial charge in [0.05, 0.1) is 18.1 Å². The van der Waals surface area contributed by atoms with Gasteiger partial charge in [-0.1, -0.05) is 6.92 Å². The molecule has 0 aromatic carbocycles. The number of carboxylic acid groups (broad SMARTS) is 1. The molecule has 98 valence electrons. The lowest BCUT2D eigenvalue weighted by atomic mass is 9.86. The van der Waals surface area contributed by atoms with Crippen LogP contribution in [0.15, 0.2) is 0 Å². The van der Waals surface area contributed by atoms with Crippen LogP contribution in [0.1, 0.15) is 26.2 Å². The largest absolute Gasteiger partial charge is 0.481 e. The Morgan fingerprint density at radius 1 is 1.59 bits per heavy atom. The fourth-order valence-corrected chi connectivity index (χ4v) is 2.85. The summed E-state index contributed by atoms with van der Waals surface area (Å²) in [6.07, 6.45) is 2.75. The minimum atomic E-state index is -0.711. The first kappa shape index (κ1) is 12.8. The Morgan fingerprint density at radius 3 is 2.76 bits per heavy atom. The molecule has 0 bridgehead atoms. The van der Waals surface area contributed by atoms with Crippen molar-refractivity contribution in [2.75, 3.05) is 32.8 Å². The van der Waals surface area contributed by atoms with Gasteiger partial charge in [0.25, 0.3) is 0 Å². The summed E-state index contributed by atoms with van der Waals surface area (Å²) in [5, 5.41) is 12.2. The summed E-state index contributed by atoms with van der Waals surface area (Å²) in [6.45, 7) is 6.25. The number of likely N-dealkylation sites (N-methyl/N-ethyl adjacent to an activating group) is 1. The van der Waals surface area contributed by atoms with Crippen LogP contribution in [0.5, 0.6) is 0 Å². The van der Waals surface area contributed by atoms with Crippen LogP contribution in [0.2, 0.25) is 0 Å². The first-order chi connectivity index (χ1) is 8.16. The van der Waals surface area contributed by atoms with Crippen molar-refractivity contribution in [3.05, 3.63) is 0 Å². The number of hydrogen-bond acceptors (Lipinski definition) is 4. The Morgan fingerprint density at radius 2 is 2.35 bits per heavy atom. The number of carbonyl (C=O) groups is 1. The van der Waals surface area contributed by atoms with Crippen molar-refractivity contribution in [1.82, 2.24) is 10.2 Å². The van der Waals surface area contributed by atoms with E-state index in [0.29, 0.717) is 6.10 Å². The number of rotatable bonds is 6. The summed E-state index contributed by atoms with van der Waals surface area (Å²) in [6, 6.07) is 0. The van der Waals surface area contributed by atoms with E-state index in [4.69, 9.17) is 9.84 Å². The van der Waals surface area contributed by atoms with Crippen LogP contribution >= 0.6 is 0 Å². The molecule has 2 saturated heterocycles. The molecule has 5 nitrogen and oxygen atoms in total. The van der Waals surface area contributed by atoms with Gasteiger partial charge >= 0.3 is 5.97 Å². The standard InChI is InChI=1S/C12H22N2O3/c1-2-14(7-10-4-3-5-17-10)12(6-11(15)16)8-13-9-12/h10,13H,2-9H2,1H3,(H,15,16). The zero-order valence-electron chi connectivity index (χ0n) is 10.4. The van der Waals surface area contributed by atoms with E-state index in [0.717, 1.165) is 45.6 Å². The maximum Gasteiger partial charge on any atom is 0.305 e. The predicted molar refractivity (Wildman–Crippen MR) is 64.1 cm³/mol. The van der Waals surface area contributed by atoms with Gasteiger partial charge in [-0.15, -0.1) is 0 Å². The lowest BCUT2D eigenvalue weighted by molar-refractivity contribution is -0.142. The summed E-state index contributed by atoms with van der Waals surface area (Å²) in [5.41, 5.74) is -0.188. The molecule has 0 aromatic rings. The van der Waals surface area contributed by atoms with E-state index >= 15 is 0 Å². The van der Waals surface area contributed by atoms with Crippen LogP contribution < -0.4 is 5.32 Å². The molecule has 2 aliphatic heterocycles. The minimum absolute atomic E-state index is 0.188. The maximum absolute atomic E-state index is 11.0. The molecule has 0 saturated carbocycles. The SMILES string of the molecule is CCN(CC1CCCO1)C1(CC(=O)O)CNC1. The van der Waals surface area contributed by atoms with Crippen LogP contribution in [0, 0.1) is 0 Å². The van der Waals surface area contributed by atoms with E-state index in [1.165, 1.54) is 0 Å². The minimum Gasteiger partial charge on any atom is -0.481 e. The highest BCUT2D eigenvalue weighted by Gasteiger charge is 2.44. The summed E-state index contributed by atoms with van der Waals surface area (Å²) < 4.78 is 5.64. The van der Waals surface area contributed by atoms with E-state index in [1.54, 1.807) is 0 Å². The van der Waals surface area contributed by atoms with E-state index in [-0.39, 0.29) is 12.0 Å². The van der Waals surface area contributed by atoms with Crippen molar-refractivity contribution < 1.29 is 14.6 Å². The van der Waals surface area contributed by atoms with Gasteiger partial charge in [-0.2, -0.15) is 0 Å². The van der Waals surface area contributed by atoms with E-state index in [1.807, 2.05) is 0 Å². The molecule has 17 heavy (non-hydrogen) atoms. The third kappa shape index (κ3) is 2.78. The smallest absolute Gasteiger partial charge is 0.305 e. The Hall–Kier alpha value is -0.650. The van der Waals surface area contributed by atoms with Gasteiger partial charge in [-0.25, -0.2) is 0 Å². The molecule has 2 aliphatic rings. The Kier molecular flexibility index (Phi) is 4.01. The molecule has 2 rings (SSSR count). The number of nitrogens with zero attached hydrogens (tertiary/aromatic N) is 1. The van der Waals surface area contributed by atoms with Crippen LogP contribution in [0.3, 0.4) is 0 Å². The molecular weight excluding hydrogens is 220 g/mol. The highest BCUT2D eigenvalue weighted by atomic mass is 16.5. The quantitative estimate of drug-likeness (QED) is 0.701. The summed E-state index contributed by atoms with van der Waals surface area (Å²) in [7, 11) is 0. The first-order valence-corrected chi connectivity index (χ1v) is 6.45. The van der Waals surface area contributed by atoms with Crippen LogP contribution in [-0.4, -0.2) is 60.4 Å². The second kappa shape index (κ2) is 5.33. The molecule has 0 aromatic heterocycles. The number of nitrogens with one attached hydrogen (secondary N) is 1. The second-order valence-electron chi connectivity index (χ2n) is 5.07. The van der Waals surface area contributed by atoms with E-state index in [9.17, 15) is 4.79 Å². The predicted octanol–water partition coefficient (Wildman–Crippen LogP) is 0.304. The maximum atomic E-state index is 11.0. The normalized spacial score (nSPS) is 27.1. The highest BCUT2D eigenvalue weighted by molar-refractivity contribution is 5.68. The third-order valence-electron chi connectivity index (χ3n) is 3.89. The number of aliphatic carboxylic acids is 1. The summed E-state index contributed by atoms with van der Waals surface area (Å²) in [4.78, 5) is 13.3. The number of ether oxygens (including phenoxy) is 1. The number of hydrogen-bond donors (Lipinski definition) is 2. The van der Waals surface area contributed by atoms with Crippen LogP contribution in [-0.2, 0) is 9.53 Å². The van der Waals surface area contributed by atoms with Crippen molar-refractivity contribution in [3.63, 3.8) is 0 Å². The van der Waals surface area contributed by atoms with Crippen LogP contribution in [0.4, 0.5) is 0 Å². The molecule has 0 aliphatic carbocycles. The van der Waals surface area contributed by atoms with Gasteiger partial charge in [0, 0.05) is 26.2 Å². The van der Waals surface area contributed by atoms with Gasteiger partial charge in [0.15, 0.2) is 0 Å². The third-order valence-corrected chi connectivity index (χ3v) is 3.89. The highest BCUT2D eigenvalue weighted by Crippen LogP contribution is 2.26. The molecule has 0 radical (unpaired) electrons. The first-order valence-electron chi connectivity index (χ1n) is 6.45. The summed E-state index contributed by atoms with van der Waals surface area (Å²) >= 11 is 0. The topological polar surface area (TPSA) is 61.8 Å². The van der Waals surface area contributed by atoms with E-state index in [2.05, 4.69) is 17.1 Å². The van der Waals surface area contributed by atoms with Gasteiger partial charge in [0.1, 0.15) is 0 Å². The second-order valence-corrected chi connectivity index (χ2v) is 5.07. The summed E-state index contributed by atoms with van der Waals surface area (Å²) in [5.74, 6) is -0.711. The average Bonchev–Trinajstić information content (AvgIpc) is 2.73. The lowest BCUT2D eigenvalue weighted by Crippen LogP contribution is -2.70. The van der Waals surface area contributed by atoms with Crippen molar-refractivity contribution in [2.24, 2.45) is 0 Å². The molecule has 0 spiro atoms. The Labute approximate surface area is 102 Å². The number of carboxylic acids is 1. The molecule has 2 N–H and O–H groups in total. The zero-order valence-corrected chi connectivity index (χ0v) is 10.4. The monoisotopic (exact) mass is 242 g/mol. The molecule has 1 atom stereocenters.